The molecule has 0 spiro atoms. The Kier molecular flexibility index (Phi) is 6.03. The monoisotopic (exact) mass is 306 g/mol. The molecule has 0 radical (unpaired) electrons. The standard InChI is InChI=1S/C15H22N4O3/c1-10-7-6-8-12(16-10)17-13(20)9-11(2)18-19-14(21)22-15(3,4)5/h6-8H,9H2,1-5H3,(H,19,21)(H,16,17,20)/b18-11+. The Morgan fingerprint density at radius 3 is 2.59 bits per heavy atom. The first kappa shape index (κ1) is 17.6. The van der Waals surface area contributed by atoms with Crippen LogP contribution in [0.1, 0.15) is 39.8 Å². The van der Waals surface area contributed by atoms with Gasteiger partial charge < -0.3 is 10.1 Å². The first-order valence-corrected chi connectivity index (χ1v) is 6.91. The largest absolute Gasteiger partial charge is 0.443 e. The van der Waals surface area contributed by atoms with Crippen LogP contribution in [0.3, 0.4) is 0 Å². The summed E-state index contributed by atoms with van der Waals surface area (Å²) in [4.78, 5) is 27.4. The number of carbonyl (C=O) groups is 2. The number of aryl methyl sites for hydroxylation is 1. The lowest BCUT2D eigenvalue weighted by Gasteiger charge is -2.18. The summed E-state index contributed by atoms with van der Waals surface area (Å²) >= 11 is 0. The number of rotatable bonds is 4. The van der Waals surface area contributed by atoms with E-state index in [-0.39, 0.29) is 12.3 Å². The highest BCUT2D eigenvalue weighted by Gasteiger charge is 2.15. The topological polar surface area (TPSA) is 92.7 Å². The van der Waals surface area contributed by atoms with Gasteiger partial charge in [-0.15, -0.1) is 0 Å². The minimum absolute atomic E-state index is 0.0470. The van der Waals surface area contributed by atoms with Crippen LogP contribution in [-0.4, -0.2) is 28.3 Å². The summed E-state index contributed by atoms with van der Waals surface area (Å²) in [5.41, 5.74) is 2.92. The zero-order valence-corrected chi connectivity index (χ0v) is 13.6. The lowest BCUT2D eigenvalue weighted by atomic mass is 10.2. The molecule has 2 amide bonds. The highest BCUT2D eigenvalue weighted by atomic mass is 16.6. The van der Waals surface area contributed by atoms with Crippen molar-refractivity contribution < 1.29 is 14.3 Å². The molecule has 0 fully saturated rings. The van der Waals surface area contributed by atoms with Crippen LogP contribution in [0, 0.1) is 6.92 Å². The second-order valence-electron chi connectivity index (χ2n) is 5.85. The summed E-state index contributed by atoms with van der Waals surface area (Å²) in [6.45, 7) is 8.75. The van der Waals surface area contributed by atoms with E-state index in [1.807, 2.05) is 19.1 Å². The maximum absolute atomic E-state index is 11.8. The van der Waals surface area contributed by atoms with Gasteiger partial charge in [-0.05, 0) is 46.8 Å². The summed E-state index contributed by atoms with van der Waals surface area (Å²) in [5.74, 6) is 0.225. The van der Waals surface area contributed by atoms with Crippen LogP contribution in [0.5, 0.6) is 0 Å². The van der Waals surface area contributed by atoms with Crippen molar-refractivity contribution in [3.05, 3.63) is 23.9 Å². The molecule has 1 heterocycles. The number of nitrogens with zero attached hydrogens (tertiary/aromatic N) is 2. The van der Waals surface area contributed by atoms with Gasteiger partial charge in [0, 0.05) is 11.4 Å². The molecule has 1 rings (SSSR count). The van der Waals surface area contributed by atoms with Gasteiger partial charge in [-0.1, -0.05) is 6.07 Å². The molecule has 1 aromatic rings. The zero-order chi connectivity index (χ0) is 16.8. The number of amides is 2. The van der Waals surface area contributed by atoms with Gasteiger partial charge in [0.05, 0.1) is 6.42 Å². The number of hydrazone groups is 1. The third-order valence-corrected chi connectivity index (χ3v) is 2.31. The van der Waals surface area contributed by atoms with Crippen LogP contribution in [0.4, 0.5) is 10.6 Å². The third kappa shape index (κ3) is 7.37. The van der Waals surface area contributed by atoms with Crippen molar-refractivity contribution in [2.75, 3.05) is 5.32 Å². The van der Waals surface area contributed by atoms with Crippen LogP contribution in [-0.2, 0) is 9.53 Å². The van der Waals surface area contributed by atoms with Crippen LogP contribution in [0.15, 0.2) is 23.3 Å². The minimum atomic E-state index is -0.660. The Bertz CT molecular complexity index is 576. The molecule has 0 aliphatic heterocycles. The van der Waals surface area contributed by atoms with Crippen LogP contribution in [0.25, 0.3) is 0 Å². The number of pyridine rings is 1. The van der Waals surface area contributed by atoms with E-state index in [1.54, 1.807) is 33.8 Å². The molecule has 0 bridgehead atoms. The highest BCUT2D eigenvalue weighted by molar-refractivity contribution is 6.05. The van der Waals surface area contributed by atoms with Crippen molar-refractivity contribution in [2.24, 2.45) is 5.10 Å². The van der Waals surface area contributed by atoms with Gasteiger partial charge in [0.25, 0.3) is 0 Å². The number of aromatic nitrogens is 1. The normalized spacial score (nSPS) is 11.8. The van der Waals surface area contributed by atoms with Gasteiger partial charge in [-0.25, -0.2) is 15.2 Å². The van der Waals surface area contributed by atoms with E-state index in [9.17, 15) is 9.59 Å². The van der Waals surface area contributed by atoms with Crippen molar-refractivity contribution in [3.8, 4) is 0 Å². The van der Waals surface area contributed by atoms with Crippen molar-refractivity contribution in [3.63, 3.8) is 0 Å². The highest BCUT2D eigenvalue weighted by Crippen LogP contribution is 2.06. The number of hydrogen-bond acceptors (Lipinski definition) is 5. The SMILES string of the molecule is C/C(CC(=O)Nc1cccc(C)n1)=N\NC(=O)OC(C)(C)C. The van der Waals surface area contributed by atoms with E-state index >= 15 is 0 Å². The number of hydrogen-bond donors (Lipinski definition) is 2. The van der Waals surface area contributed by atoms with E-state index < -0.39 is 11.7 Å². The third-order valence-electron chi connectivity index (χ3n) is 2.31. The Labute approximate surface area is 130 Å². The quantitative estimate of drug-likeness (QED) is 0.660. The second kappa shape index (κ2) is 7.53. The molecular formula is C15H22N4O3. The summed E-state index contributed by atoms with van der Waals surface area (Å²) < 4.78 is 5.03. The van der Waals surface area contributed by atoms with Crippen LogP contribution in [0.2, 0.25) is 0 Å². The zero-order valence-electron chi connectivity index (χ0n) is 13.6. The minimum Gasteiger partial charge on any atom is -0.443 e. The molecule has 1 aromatic heterocycles. The van der Waals surface area contributed by atoms with Crippen molar-refractivity contribution in [2.45, 2.75) is 46.6 Å². The van der Waals surface area contributed by atoms with Crippen LogP contribution < -0.4 is 10.7 Å². The predicted octanol–water partition coefficient (Wildman–Crippen LogP) is 2.62. The summed E-state index contributed by atoms with van der Waals surface area (Å²) in [6.07, 6.45) is -0.613. The van der Waals surface area contributed by atoms with E-state index in [4.69, 9.17) is 4.74 Å². The number of carbonyl (C=O) groups excluding carboxylic acids is 2. The molecule has 22 heavy (non-hydrogen) atoms. The summed E-state index contributed by atoms with van der Waals surface area (Å²) in [5, 5.41) is 6.48. The predicted molar refractivity (Wildman–Crippen MR) is 84.7 cm³/mol. The maximum atomic E-state index is 11.8. The molecule has 7 nitrogen and oxygen atoms in total. The molecule has 0 saturated heterocycles. The molecule has 7 heteroatoms. The molecule has 0 aliphatic carbocycles. The summed E-state index contributed by atoms with van der Waals surface area (Å²) in [6, 6.07) is 5.35. The van der Waals surface area contributed by atoms with E-state index in [0.717, 1.165) is 5.69 Å². The van der Waals surface area contributed by atoms with Gasteiger partial charge in [-0.3, -0.25) is 4.79 Å². The smallest absolute Gasteiger partial charge is 0.428 e. The molecule has 2 N–H and O–H groups in total. The van der Waals surface area contributed by atoms with Gasteiger partial charge in [0.1, 0.15) is 11.4 Å². The Morgan fingerprint density at radius 1 is 1.32 bits per heavy atom. The average Bonchev–Trinajstić information content (AvgIpc) is 2.34. The van der Waals surface area contributed by atoms with Crippen molar-refractivity contribution in [1.82, 2.24) is 10.4 Å². The van der Waals surface area contributed by atoms with Crippen molar-refractivity contribution in [1.29, 1.82) is 0 Å². The fourth-order valence-corrected chi connectivity index (χ4v) is 1.51. The molecule has 0 saturated carbocycles. The molecule has 0 unspecified atom stereocenters. The fourth-order valence-electron chi connectivity index (χ4n) is 1.51. The molecule has 120 valence electrons. The fraction of sp³-hybridized carbons (Fsp3) is 0.467. The molecule has 0 aliphatic rings. The number of ether oxygens (including phenoxy) is 1. The van der Waals surface area contributed by atoms with Gasteiger partial charge >= 0.3 is 6.09 Å². The average molecular weight is 306 g/mol. The Balaban J connectivity index is 2.46. The Morgan fingerprint density at radius 2 is 2.00 bits per heavy atom. The van der Waals surface area contributed by atoms with E-state index in [1.165, 1.54) is 0 Å². The van der Waals surface area contributed by atoms with Gasteiger partial charge in [0.15, 0.2) is 0 Å². The van der Waals surface area contributed by atoms with Crippen LogP contribution >= 0.6 is 0 Å². The van der Waals surface area contributed by atoms with E-state index in [2.05, 4.69) is 20.8 Å². The van der Waals surface area contributed by atoms with Crippen molar-refractivity contribution >= 4 is 23.5 Å². The van der Waals surface area contributed by atoms with E-state index in [0.29, 0.717) is 11.5 Å². The molecule has 0 atom stereocenters. The lowest BCUT2D eigenvalue weighted by molar-refractivity contribution is -0.115. The molecule has 0 aromatic carbocycles. The van der Waals surface area contributed by atoms with Gasteiger partial charge in [-0.2, -0.15) is 5.10 Å². The molecular weight excluding hydrogens is 284 g/mol. The first-order chi connectivity index (χ1) is 10.2. The first-order valence-electron chi connectivity index (χ1n) is 6.91. The second-order valence-corrected chi connectivity index (χ2v) is 5.85. The van der Waals surface area contributed by atoms with Gasteiger partial charge in [0.2, 0.25) is 5.91 Å². The number of nitrogens with one attached hydrogen (secondary N) is 2. The summed E-state index contributed by atoms with van der Waals surface area (Å²) in [7, 11) is 0. The maximum Gasteiger partial charge on any atom is 0.428 e. The lowest BCUT2D eigenvalue weighted by Crippen LogP contribution is -2.30. The Hall–Kier alpha value is -2.44. The number of anilines is 1.